The normalized spacial score (nSPS) is 11.0. The summed E-state index contributed by atoms with van der Waals surface area (Å²) in [4.78, 5) is 16.6. The molecule has 4 aromatic rings. The number of nitrogens with zero attached hydrogens (tertiary/aromatic N) is 6. The Balaban J connectivity index is 1.60. The Morgan fingerprint density at radius 3 is 2.62 bits per heavy atom. The average Bonchev–Trinajstić information content (AvgIpc) is 3.24. The molecule has 0 aliphatic carbocycles. The maximum atomic E-state index is 13.0. The second kappa shape index (κ2) is 6.52. The van der Waals surface area contributed by atoms with Crippen LogP contribution in [0.25, 0.3) is 17.1 Å². The van der Waals surface area contributed by atoms with Gasteiger partial charge in [-0.25, -0.2) is 9.18 Å². The molecule has 0 amide bonds. The lowest BCUT2D eigenvalue weighted by Gasteiger charge is -1.99. The second-order valence-corrected chi connectivity index (χ2v) is 5.71. The first-order chi connectivity index (χ1) is 12.6. The van der Waals surface area contributed by atoms with Crippen LogP contribution in [0.2, 0.25) is 5.02 Å². The average molecular weight is 373 g/mol. The quantitative estimate of drug-likeness (QED) is 0.546. The lowest BCUT2D eigenvalue weighted by molar-refractivity contribution is 0.363. The molecule has 4 rings (SSSR count). The standard InChI is InChI=1S/C16H10ClFN6O2/c17-12-3-1-2-4-13(12)24-16(25)23(21-22-24)9-14-19-15(20-26-14)10-5-7-11(18)8-6-10/h1-8H,9H2. The number of hydrogen-bond acceptors (Lipinski definition) is 6. The number of benzene rings is 2. The predicted molar refractivity (Wildman–Crippen MR) is 89.4 cm³/mol. The first-order valence-electron chi connectivity index (χ1n) is 7.48. The molecule has 0 atom stereocenters. The van der Waals surface area contributed by atoms with Crippen LogP contribution in [0.3, 0.4) is 0 Å². The molecule has 2 aromatic heterocycles. The molecule has 0 fully saturated rings. The first-order valence-corrected chi connectivity index (χ1v) is 7.86. The molecule has 0 saturated heterocycles. The van der Waals surface area contributed by atoms with Crippen molar-refractivity contribution in [3.63, 3.8) is 0 Å². The van der Waals surface area contributed by atoms with E-state index >= 15 is 0 Å². The lowest BCUT2D eigenvalue weighted by Crippen LogP contribution is -2.25. The van der Waals surface area contributed by atoms with Crippen molar-refractivity contribution in [3.05, 3.63) is 75.7 Å². The van der Waals surface area contributed by atoms with Crippen LogP contribution >= 0.6 is 11.6 Å². The molecule has 0 unspecified atom stereocenters. The molecule has 0 bridgehead atoms. The zero-order chi connectivity index (χ0) is 18.1. The second-order valence-electron chi connectivity index (χ2n) is 5.30. The summed E-state index contributed by atoms with van der Waals surface area (Å²) in [5.41, 5.74) is 0.510. The van der Waals surface area contributed by atoms with E-state index in [2.05, 4.69) is 20.6 Å². The van der Waals surface area contributed by atoms with E-state index < -0.39 is 5.69 Å². The van der Waals surface area contributed by atoms with Crippen LogP contribution in [0, 0.1) is 5.82 Å². The third-order valence-electron chi connectivity index (χ3n) is 3.58. The summed E-state index contributed by atoms with van der Waals surface area (Å²) in [5, 5.41) is 11.8. The highest BCUT2D eigenvalue weighted by atomic mass is 35.5. The minimum absolute atomic E-state index is 0.0581. The Morgan fingerprint density at radius 1 is 1.08 bits per heavy atom. The van der Waals surface area contributed by atoms with Crippen LogP contribution in [-0.4, -0.2) is 29.9 Å². The van der Waals surface area contributed by atoms with Crippen molar-refractivity contribution in [2.24, 2.45) is 0 Å². The van der Waals surface area contributed by atoms with Gasteiger partial charge in [-0.3, -0.25) is 0 Å². The fraction of sp³-hybridized carbons (Fsp3) is 0.0625. The predicted octanol–water partition coefficient (Wildman–Crippen LogP) is 2.32. The van der Waals surface area contributed by atoms with Gasteiger partial charge in [0.1, 0.15) is 12.4 Å². The van der Waals surface area contributed by atoms with Gasteiger partial charge in [0.2, 0.25) is 11.7 Å². The molecule has 2 aromatic carbocycles. The van der Waals surface area contributed by atoms with E-state index in [4.69, 9.17) is 16.1 Å². The van der Waals surface area contributed by atoms with Crippen molar-refractivity contribution in [3.8, 4) is 17.1 Å². The van der Waals surface area contributed by atoms with Gasteiger partial charge in [0.05, 0.1) is 10.7 Å². The van der Waals surface area contributed by atoms with Gasteiger partial charge in [-0.15, -0.1) is 0 Å². The smallest absolute Gasteiger partial charge is 0.337 e. The number of rotatable bonds is 4. The van der Waals surface area contributed by atoms with Crippen LogP contribution in [0.1, 0.15) is 5.89 Å². The molecule has 10 heteroatoms. The Labute approximate surface area is 150 Å². The highest BCUT2D eigenvalue weighted by molar-refractivity contribution is 6.32. The molecule has 26 heavy (non-hydrogen) atoms. The zero-order valence-corrected chi connectivity index (χ0v) is 13.8. The summed E-state index contributed by atoms with van der Waals surface area (Å²) in [6.45, 7) is -0.0581. The fourth-order valence-corrected chi connectivity index (χ4v) is 2.53. The summed E-state index contributed by atoms with van der Waals surface area (Å²) < 4.78 is 20.3. The molecule has 0 spiro atoms. The van der Waals surface area contributed by atoms with Crippen LogP contribution < -0.4 is 5.69 Å². The van der Waals surface area contributed by atoms with E-state index in [1.807, 2.05) is 0 Å². The molecule has 0 radical (unpaired) electrons. The van der Waals surface area contributed by atoms with Gasteiger partial charge >= 0.3 is 5.69 Å². The number of para-hydroxylation sites is 1. The molecule has 0 aliphatic heterocycles. The van der Waals surface area contributed by atoms with E-state index in [-0.39, 0.29) is 24.1 Å². The highest BCUT2D eigenvalue weighted by Crippen LogP contribution is 2.18. The van der Waals surface area contributed by atoms with Crippen molar-refractivity contribution in [1.29, 1.82) is 0 Å². The lowest BCUT2D eigenvalue weighted by atomic mass is 10.2. The van der Waals surface area contributed by atoms with Crippen molar-refractivity contribution in [1.82, 2.24) is 29.9 Å². The fourth-order valence-electron chi connectivity index (χ4n) is 2.31. The number of halogens is 2. The van der Waals surface area contributed by atoms with Crippen LogP contribution in [0.15, 0.2) is 57.8 Å². The number of aromatic nitrogens is 6. The van der Waals surface area contributed by atoms with E-state index in [1.54, 1.807) is 24.3 Å². The minimum Gasteiger partial charge on any atom is -0.337 e. The Bertz CT molecular complexity index is 1120. The summed E-state index contributed by atoms with van der Waals surface area (Å²) in [6.07, 6.45) is 0. The number of tetrazole rings is 1. The SMILES string of the molecule is O=c1n(Cc2nc(-c3ccc(F)cc3)no2)nnn1-c1ccccc1Cl. The topological polar surface area (TPSA) is 91.6 Å². The van der Waals surface area contributed by atoms with Crippen LogP contribution in [-0.2, 0) is 6.54 Å². The monoisotopic (exact) mass is 372 g/mol. The highest BCUT2D eigenvalue weighted by Gasteiger charge is 2.15. The van der Waals surface area contributed by atoms with E-state index in [0.29, 0.717) is 16.3 Å². The van der Waals surface area contributed by atoms with Gasteiger partial charge in [-0.1, -0.05) is 28.9 Å². The summed E-state index contributed by atoms with van der Waals surface area (Å²) in [6, 6.07) is 12.4. The summed E-state index contributed by atoms with van der Waals surface area (Å²) in [7, 11) is 0. The minimum atomic E-state index is -0.500. The third-order valence-corrected chi connectivity index (χ3v) is 3.90. The van der Waals surface area contributed by atoms with Gasteiger partial charge < -0.3 is 4.52 Å². The van der Waals surface area contributed by atoms with Crippen molar-refractivity contribution < 1.29 is 8.91 Å². The first kappa shape index (κ1) is 16.2. The molecule has 0 N–H and O–H groups in total. The van der Waals surface area contributed by atoms with Crippen LogP contribution in [0.5, 0.6) is 0 Å². The Kier molecular flexibility index (Phi) is 4.05. The van der Waals surface area contributed by atoms with Crippen molar-refractivity contribution in [2.75, 3.05) is 0 Å². The van der Waals surface area contributed by atoms with E-state index in [0.717, 1.165) is 9.36 Å². The molecule has 0 saturated carbocycles. The van der Waals surface area contributed by atoms with Gasteiger partial charge in [-0.2, -0.15) is 14.3 Å². The van der Waals surface area contributed by atoms with Crippen molar-refractivity contribution in [2.45, 2.75) is 6.54 Å². The van der Waals surface area contributed by atoms with Gasteiger partial charge in [-0.05, 0) is 46.8 Å². The molecule has 0 aliphatic rings. The molecule has 130 valence electrons. The maximum Gasteiger partial charge on any atom is 0.369 e. The third kappa shape index (κ3) is 3.00. The summed E-state index contributed by atoms with van der Waals surface area (Å²) in [5.74, 6) is 0.0874. The Hall–Kier alpha value is -3.33. The molecule has 2 heterocycles. The van der Waals surface area contributed by atoms with E-state index in [9.17, 15) is 9.18 Å². The maximum absolute atomic E-state index is 13.0. The van der Waals surface area contributed by atoms with Gasteiger partial charge in [0.15, 0.2) is 0 Å². The Morgan fingerprint density at radius 2 is 1.85 bits per heavy atom. The van der Waals surface area contributed by atoms with Gasteiger partial charge in [0, 0.05) is 5.56 Å². The molecular weight excluding hydrogens is 363 g/mol. The van der Waals surface area contributed by atoms with Gasteiger partial charge in [0.25, 0.3) is 0 Å². The zero-order valence-electron chi connectivity index (χ0n) is 13.1. The van der Waals surface area contributed by atoms with Crippen molar-refractivity contribution >= 4 is 11.6 Å². The molecular formula is C16H10ClFN6O2. The molecule has 8 nitrogen and oxygen atoms in total. The number of hydrogen-bond donors (Lipinski definition) is 0. The summed E-state index contributed by atoms with van der Waals surface area (Å²) >= 11 is 6.08. The van der Waals surface area contributed by atoms with Crippen LogP contribution in [0.4, 0.5) is 4.39 Å². The largest absolute Gasteiger partial charge is 0.369 e. The van der Waals surface area contributed by atoms with E-state index in [1.165, 1.54) is 24.3 Å².